The second-order valence-corrected chi connectivity index (χ2v) is 7.63. The monoisotopic (exact) mass is 438 g/mol. The lowest BCUT2D eigenvalue weighted by atomic mass is 9.97. The summed E-state index contributed by atoms with van der Waals surface area (Å²) in [5.74, 6) is 0. The van der Waals surface area contributed by atoms with Gasteiger partial charge in [-0.2, -0.15) is 13.2 Å². The average Bonchev–Trinajstić information content (AvgIpc) is 2.72. The number of thioether (sulfide) groups is 1. The van der Waals surface area contributed by atoms with Crippen LogP contribution in [-0.4, -0.2) is 16.2 Å². The van der Waals surface area contributed by atoms with Crippen LogP contribution < -0.4 is 11.5 Å². The maximum absolute atomic E-state index is 12.9. The van der Waals surface area contributed by atoms with Gasteiger partial charge >= 0.3 is 6.18 Å². The molecule has 0 aliphatic heterocycles. The fraction of sp³-hybridized carbons (Fsp3) is 0.200. The summed E-state index contributed by atoms with van der Waals surface area (Å²) in [5.41, 5.74) is 13.9. The molecule has 1 heterocycles. The molecule has 0 saturated carbocycles. The predicted octanol–water partition coefficient (Wildman–Crippen LogP) is 5.24. The topological polar surface area (TPSA) is 77.8 Å². The molecule has 4 nitrogen and oxygen atoms in total. The first kappa shape index (κ1) is 21.6. The standard InChI is InChI=1S/C20H18ClF3N4S/c1-29-13-5-2-11(3-6-13)18(25)19(26)17-9-16(27-10-28-17)12-4-7-14(15(21)8-12)20(22,23)24/h2-10,18-19H,25-26H2,1H3. The van der Waals surface area contributed by atoms with Crippen LogP contribution in [0.25, 0.3) is 11.3 Å². The molecule has 2 atom stereocenters. The third kappa shape index (κ3) is 4.90. The number of nitrogens with zero attached hydrogens (tertiary/aromatic N) is 2. The van der Waals surface area contributed by atoms with E-state index in [1.54, 1.807) is 17.8 Å². The Bertz CT molecular complexity index is 996. The molecule has 0 bridgehead atoms. The van der Waals surface area contributed by atoms with Gasteiger partial charge in [0, 0.05) is 10.5 Å². The molecule has 2 aromatic carbocycles. The second kappa shape index (κ2) is 8.71. The molecule has 0 aliphatic rings. The number of hydrogen-bond donors (Lipinski definition) is 2. The van der Waals surface area contributed by atoms with Gasteiger partial charge in [0.15, 0.2) is 0 Å². The summed E-state index contributed by atoms with van der Waals surface area (Å²) >= 11 is 7.43. The van der Waals surface area contributed by atoms with Crippen LogP contribution in [-0.2, 0) is 6.18 Å². The van der Waals surface area contributed by atoms with Crippen molar-refractivity contribution in [1.82, 2.24) is 9.97 Å². The molecule has 3 rings (SSSR count). The number of alkyl halides is 3. The molecule has 29 heavy (non-hydrogen) atoms. The first-order valence-electron chi connectivity index (χ1n) is 8.55. The summed E-state index contributed by atoms with van der Waals surface area (Å²) in [7, 11) is 0. The molecule has 3 aromatic rings. The summed E-state index contributed by atoms with van der Waals surface area (Å²) in [6.07, 6.45) is -1.23. The number of halogens is 4. The van der Waals surface area contributed by atoms with E-state index < -0.39 is 28.8 Å². The van der Waals surface area contributed by atoms with Crippen LogP contribution in [0.4, 0.5) is 13.2 Å². The predicted molar refractivity (Wildman–Crippen MR) is 110 cm³/mol. The minimum absolute atomic E-state index is 0.398. The molecule has 9 heteroatoms. The molecular formula is C20H18ClF3N4S. The zero-order valence-corrected chi connectivity index (χ0v) is 16.9. The maximum Gasteiger partial charge on any atom is 0.417 e. The molecule has 4 N–H and O–H groups in total. The van der Waals surface area contributed by atoms with E-state index in [2.05, 4.69) is 9.97 Å². The van der Waals surface area contributed by atoms with E-state index in [0.29, 0.717) is 17.0 Å². The van der Waals surface area contributed by atoms with Gasteiger partial charge in [0.05, 0.1) is 34.1 Å². The third-order valence-electron chi connectivity index (χ3n) is 4.49. The van der Waals surface area contributed by atoms with E-state index in [9.17, 15) is 13.2 Å². The largest absolute Gasteiger partial charge is 0.417 e. The van der Waals surface area contributed by atoms with E-state index in [4.69, 9.17) is 23.1 Å². The number of nitrogens with two attached hydrogens (primary N) is 2. The van der Waals surface area contributed by atoms with Crippen molar-refractivity contribution >= 4 is 23.4 Å². The summed E-state index contributed by atoms with van der Waals surface area (Å²) in [6.45, 7) is 0. The molecule has 0 spiro atoms. The van der Waals surface area contributed by atoms with Crippen molar-refractivity contribution in [2.45, 2.75) is 23.2 Å². The molecule has 152 valence electrons. The highest BCUT2D eigenvalue weighted by molar-refractivity contribution is 7.98. The quantitative estimate of drug-likeness (QED) is 0.533. The van der Waals surface area contributed by atoms with Crippen molar-refractivity contribution in [2.24, 2.45) is 11.5 Å². The highest BCUT2D eigenvalue weighted by Gasteiger charge is 2.33. The Balaban J connectivity index is 1.87. The fourth-order valence-corrected chi connectivity index (χ4v) is 3.53. The van der Waals surface area contributed by atoms with Crippen LogP contribution >= 0.6 is 23.4 Å². The van der Waals surface area contributed by atoms with Crippen LogP contribution in [0.2, 0.25) is 5.02 Å². The second-order valence-electron chi connectivity index (χ2n) is 6.35. The average molecular weight is 439 g/mol. The van der Waals surface area contributed by atoms with Gasteiger partial charge in [0.2, 0.25) is 0 Å². The smallest absolute Gasteiger partial charge is 0.322 e. The van der Waals surface area contributed by atoms with Crippen LogP contribution in [0.5, 0.6) is 0 Å². The van der Waals surface area contributed by atoms with Gasteiger partial charge in [-0.05, 0) is 42.2 Å². The summed E-state index contributed by atoms with van der Waals surface area (Å²) in [4.78, 5) is 9.43. The van der Waals surface area contributed by atoms with Gasteiger partial charge < -0.3 is 11.5 Å². The lowest BCUT2D eigenvalue weighted by Crippen LogP contribution is -2.27. The molecule has 0 amide bonds. The van der Waals surface area contributed by atoms with Crippen molar-refractivity contribution in [3.05, 3.63) is 76.7 Å². The SMILES string of the molecule is CSc1ccc(C(N)C(N)c2cc(-c3ccc(C(F)(F)F)c(Cl)c3)ncn2)cc1. The Kier molecular flexibility index (Phi) is 6.48. The van der Waals surface area contributed by atoms with E-state index >= 15 is 0 Å². The van der Waals surface area contributed by atoms with E-state index in [1.165, 1.54) is 18.5 Å². The van der Waals surface area contributed by atoms with Crippen molar-refractivity contribution < 1.29 is 13.2 Å². The number of hydrogen-bond acceptors (Lipinski definition) is 5. The molecule has 0 radical (unpaired) electrons. The van der Waals surface area contributed by atoms with E-state index in [-0.39, 0.29) is 0 Å². The number of rotatable bonds is 5. The van der Waals surface area contributed by atoms with Crippen LogP contribution in [0, 0.1) is 0 Å². The number of benzene rings is 2. The van der Waals surface area contributed by atoms with Crippen molar-refractivity contribution in [3.8, 4) is 11.3 Å². The van der Waals surface area contributed by atoms with Gasteiger partial charge in [-0.3, -0.25) is 0 Å². The van der Waals surface area contributed by atoms with Crippen LogP contribution in [0.1, 0.15) is 28.9 Å². The summed E-state index contributed by atoms with van der Waals surface area (Å²) in [6, 6.07) is 11.7. The number of aromatic nitrogens is 2. The Hall–Kier alpha value is -2.13. The lowest BCUT2D eigenvalue weighted by molar-refractivity contribution is -0.137. The molecule has 0 aliphatic carbocycles. The van der Waals surface area contributed by atoms with Crippen LogP contribution in [0.15, 0.2) is 59.8 Å². The summed E-state index contributed by atoms with van der Waals surface area (Å²) in [5, 5.41) is -0.398. The van der Waals surface area contributed by atoms with Crippen LogP contribution in [0.3, 0.4) is 0 Å². The minimum Gasteiger partial charge on any atom is -0.322 e. The zero-order valence-electron chi connectivity index (χ0n) is 15.3. The molecular weight excluding hydrogens is 421 g/mol. The Morgan fingerprint density at radius 1 is 0.966 bits per heavy atom. The Labute approximate surface area is 175 Å². The molecule has 0 saturated heterocycles. The van der Waals surface area contributed by atoms with Gasteiger partial charge in [0.1, 0.15) is 6.33 Å². The lowest BCUT2D eigenvalue weighted by Gasteiger charge is -2.20. The first-order valence-corrected chi connectivity index (χ1v) is 10.1. The Morgan fingerprint density at radius 3 is 2.24 bits per heavy atom. The normalized spacial score (nSPS) is 13.9. The van der Waals surface area contributed by atoms with Crippen molar-refractivity contribution in [2.75, 3.05) is 6.26 Å². The van der Waals surface area contributed by atoms with E-state index in [1.807, 2.05) is 30.5 Å². The minimum atomic E-state index is -4.52. The van der Waals surface area contributed by atoms with Gasteiger partial charge in [-0.25, -0.2) is 9.97 Å². The first-order chi connectivity index (χ1) is 13.7. The molecule has 1 aromatic heterocycles. The maximum atomic E-state index is 12.9. The van der Waals surface area contributed by atoms with Gasteiger partial charge in [-0.15, -0.1) is 11.8 Å². The third-order valence-corrected chi connectivity index (χ3v) is 5.54. The van der Waals surface area contributed by atoms with Crippen molar-refractivity contribution in [3.63, 3.8) is 0 Å². The molecule has 2 unspecified atom stereocenters. The summed E-state index contributed by atoms with van der Waals surface area (Å²) < 4.78 is 38.7. The van der Waals surface area contributed by atoms with Crippen molar-refractivity contribution in [1.29, 1.82) is 0 Å². The fourth-order valence-electron chi connectivity index (χ4n) is 2.83. The van der Waals surface area contributed by atoms with E-state index in [0.717, 1.165) is 16.5 Å². The molecule has 0 fully saturated rings. The van der Waals surface area contributed by atoms with Gasteiger partial charge in [0.25, 0.3) is 0 Å². The van der Waals surface area contributed by atoms with Gasteiger partial charge in [-0.1, -0.05) is 29.8 Å². The highest BCUT2D eigenvalue weighted by Crippen LogP contribution is 2.36. The zero-order chi connectivity index (χ0) is 21.2. The Morgan fingerprint density at radius 2 is 1.66 bits per heavy atom. The highest BCUT2D eigenvalue weighted by atomic mass is 35.5.